The van der Waals surface area contributed by atoms with Crippen molar-refractivity contribution in [3.8, 4) is 0 Å². The Balaban J connectivity index is 2.42. The summed E-state index contributed by atoms with van der Waals surface area (Å²) < 4.78 is 2.73. The largest absolute Gasteiger partial charge is 0.395 e. The zero-order chi connectivity index (χ0) is 15.4. The molecule has 0 saturated carbocycles. The molecule has 0 unspecified atom stereocenters. The number of pyridine rings is 1. The molecule has 7 nitrogen and oxygen atoms in total. The number of nitrogens with zero attached hydrogens (tertiary/aromatic N) is 5. The normalized spacial score (nSPS) is 11.4. The van der Waals surface area contributed by atoms with Gasteiger partial charge in [-0.1, -0.05) is 13.5 Å². The lowest BCUT2D eigenvalue weighted by Crippen LogP contribution is -2.25. The summed E-state index contributed by atoms with van der Waals surface area (Å²) >= 11 is 0. The van der Waals surface area contributed by atoms with Gasteiger partial charge >= 0.3 is 5.69 Å². The Morgan fingerprint density at radius 1 is 1.62 bits per heavy atom. The highest BCUT2D eigenvalue weighted by Crippen LogP contribution is 2.19. The molecular weight excluding hydrogens is 270 g/mol. The van der Waals surface area contributed by atoms with Gasteiger partial charge in [0.25, 0.3) is 0 Å². The van der Waals surface area contributed by atoms with Crippen molar-refractivity contribution in [2.75, 3.05) is 18.1 Å². The van der Waals surface area contributed by atoms with Gasteiger partial charge in [-0.3, -0.25) is 4.40 Å². The molecule has 0 amide bonds. The first kappa shape index (κ1) is 15.0. The topological polar surface area (TPSA) is 75.1 Å². The van der Waals surface area contributed by atoms with E-state index in [9.17, 15) is 9.90 Å². The van der Waals surface area contributed by atoms with E-state index in [4.69, 9.17) is 0 Å². The average molecular weight is 289 g/mol. The number of hydrogen-bond acceptors (Lipinski definition) is 5. The van der Waals surface area contributed by atoms with Crippen LogP contribution in [0.2, 0.25) is 0 Å². The maximum Gasteiger partial charge on any atom is 0.350 e. The minimum Gasteiger partial charge on any atom is -0.395 e. The first-order valence-corrected chi connectivity index (χ1v) is 6.73. The van der Waals surface area contributed by atoms with E-state index in [1.165, 1.54) is 9.08 Å². The van der Waals surface area contributed by atoms with Gasteiger partial charge in [0.2, 0.25) is 0 Å². The van der Waals surface area contributed by atoms with Crippen molar-refractivity contribution in [1.29, 1.82) is 0 Å². The molecule has 0 saturated heterocycles. The van der Waals surface area contributed by atoms with Crippen molar-refractivity contribution in [3.63, 3.8) is 0 Å². The standard InChI is InChI=1S/C14H19N5O2/c1-4-6-15-11(2)18(8-9-20)12-5-7-19-13(10-12)16-17(3)14(19)21/h5-7,10,20H,2,4,8-9H2,1,3H3. The van der Waals surface area contributed by atoms with Crippen LogP contribution in [0.1, 0.15) is 13.3 Å². The van der Waals surface area contributed by atoms with Gasteiger partial charge in [0.05, 0.1) is 6.61 Å². The molecule has 0 radical (unpaired) electrons. The second-order valence-corrected chi connectivity index (χ2v) is 4.53. The van der Waals surface area contributed by atoms with E-state index in [2.05, 4.69) is 16.7 Å². The Kier molecular flexibility index (Phi) is 4.54. The van der Waals surface area contributed by atoms with Gasteiger partial charge in [-0.2, -0.15) is 5.10 Å². The summed E-state index contributed by atoms with van der Waals surface area (Å²) in [6.07, 6.45) is 4.22. The third-order valence-corrected chi connectivity index (χ3v) is 3.02. The van der Waals surface area contributed by atoms with Crippen LogP contribution in [0.15, 0.2) is 40.5 Å². The van der Waals surface area contributed by atoms with Crippen LogP contribution in [0.25, 0.3) is 5.65 Å². The number of rotatable bonds is 6. The fourth-order valence-corrected chi connectivity index (χ4v) is 2.01. The van der Waals surface area contributed by atoms with Crippen molar-refractivity contribution >= 4 is 17.5 Å². The van der Waals surface area contributed by atoms with Crippen molar-refractivity contribution < 1.29 is 5.11 Å². The number of aliphatic imine (C=N–C) groups is 1. The summed E-state index contributed by atoms with van der Waals surface area (Å²) in [4.78, 5) is 17.8. The number of aromatic nitrogens is 3. The van der Waals surface area contributed by atoms with Crippen LogP contribution in [0, 0.1) is 0 Å². The number of aliphatic hydroxyl groups excluding tert-OH is 1. The molecule has 7 heteroatoms. The quantitative estimate of drug-likeness (QED) is 0.798. The number of hydrogen-bond donors (Lipinski definition) is 1. The monoisotopic (exact) mass is 289 g/mol. The lowest BCUT2D eigenvalue weighted by Gasteiger charge is -2.23. The molecule has 0 aliphatic rings. The maximum atomic E-state index is 11.8. The molecular formula is C14H19N5O2. The zero-order valence-electron chi connectivity index (χ0n) is 12.2. The lowest BCUT2D eigenvalue weighted by molar-refractivity contribution is 0.304. The van der Waals surface area contributed by atoms with Crippen LogP contribution in [0.5, 0.6) is 0 Å². The van der Waals surface area contributed by atoms with Crippen LogP contribution in [-0.2, 0) is 7.05 Å². The third-order valence-electron chi connectivity index (χ3n) is 3.02. The highest BCUT2D eigenvalue weighted by Gasteiger charge is 2.11. The average Bonchev–Trinajstić information content (AvgIpc) is 2.76. The molecule has 0 atom stereocenters. The SMILES string of the molecule is C=C(N=CCC)N(CCO)c1ccn2c(=O)n(C)nc2c1. The van der Waals surface area contributed by atoms with E-state index in [1.54, 1.807) is 36.5 Å². The fraction of sp³-hybridized carbons (Fsp3) is 0.357. The predicted octanol–water partition coefficient (Wildman–Crippen LogP) is 0.784. The summed E-state index contributed by atoms with van der Waals surface area (Å²) in [7, 11) is 1.60. The molecule has 0 bridgehead atoms. The molecule has 21 heavy (non-hydrogen) atoms. The molecule has 2 aromatic heterocycles. The first-order chi connectivity index (χ1) is 10.1. The molecule has 0 aliphatic carbocycles. The van der Waals surface area contributed by atoms with E-state index in [0.717, 1.165) is 12.1 Å². The van der Waals surface area contributed by atoms with Crippen molar-refractivity contribution in [3.05, 3.63) is 41.2 Å². The van der Waals surface area contributed by atoms with Crippen molar-refractivity contribution in [1.82, 2.24) is 14.2 Å². The Bertz CT molecular complexity index is 729. The van der Waals surface area contributed by atoms with E-state index in [-0.39, 0.29) is 12.3 Å². The second kappa shape index (κ2) is 6.36. The Morgan fingerprint density at radius 3 is 3.05 bits per heavy atom. The van der Waals surface area contributed by atoms with Crippen LogP contribution >= 0.6 is 0 Å². The molecule has 0 fully saturated rings. The van der Waals surface area contributed by atoms with Gasteiger partial charge in [-0.15, -0.1) is 0 Å². The molecule has 0 aromatic carbocycles. The molecule has 0 spiro atoms. The molecule has 2 aromatic rings. The maximum absolute atomic E-state index is 11.8. The van der Waals surface area contributed by atoms with E-state index in [0.29, 0.717) is 18.0 Å². The van der Waals surface area contributed by atoms with Crippen molar-refractivity contribution in [2.24, 2.45) is 12.0 Å². The van der Waals surface area contributed by atoms with E-state index >= 15 is 0 Å². The van der Waals surface area contributed by atoms with Crippen LogP contribution in [0.3, 0.4) is 0 Å². The Morgan fingerprint density at radius 2 is 2.38 bits per heavy atom. The van der Waals surface area contributed by atoms with E-state index in [1.807, 2.05) is 6.92 Å². The minimum absolute atomic E-state index is 0.0269. The van der Waals surface area contributed by atoms with Gasteiger partial charge < -0.3 is 10.0 Å². The lowest BCUT2D eigenvalue weighted by atomic mass is 10.3. The third kappa shape index (κ3) is 3.03. The van der Waals surface area contributed by atoms with Gasteiger partial charge in [-0.25, -0.2) is 14.5 Å². The van der Waals surface area contributed by atoms with Gasteiger partial charge in [0, 0.05) is 37.8 Å². The summed E-state index contributed by atoms with van der Waals surface area (Å²) in [6, 6.07) is 3.54. The highest BCUT2D eigenvalue weighted by molar-refractivity contribution is 5.63. The molecule has 2 rings (SSSR count). The summed E-state index contributed by atoms with van der Waals surface area (Å²) in [5.74, 6) is 0.536. The molecule has 2 heterocycles. The summed E-state index contributed by atoms with van der Waals surface area (Å²) in [6.45, 7) is 6.24. The van der Waals surface area contributed by atoms with Crippen LogP contribution in [0.4, 0.5) is 5.69 Å². The summed E-state index contributed by atoms with van der Waals surface area (Å²) in [5.41, 5.74) is 1.11. The van der Waals surface area contributed by atoms with Gasteiger partial charge in [0.15, 0.2) is 5.65 Å². The zero-order valence-corrected chi connectivity index (χ0v) is 12.2. The van der Waals surface area contributed by atoms with Gasteiger partial charge in [-0.05, 0) is 12.5 Å². The summed E-state index contributed by atoms with van der Waals surface area (Å²) in [5, 5.41) is 13.4. The number of anilines is 1. The second-order valence-electron chi connectivity index (χ2n) is 4.53. The highest BCUT2D eigenvalue weighted by atomic mass is 16.3. The smallest absolute Gasteiger partial charge is 0.350 e. The Hall–Kier alpha value is -2.41. The molecule has 0 aliphatic heterocycles. The van der Waals surface area contributed by atoms with Crippen molar-refractivity contribution in [2.45, 2.75) is 13.3 Å². The predicted molar refractivity (Wildman–Crippen MR) is 82.8 cm³/mol. The number of fused-ring (bicyclic) bond motifs is 1. The number of aryl methyl sites for hydroxylation is 1. The fourth-order valence-electron chi connectivity index (χ4n) is 2.01. The van der Waals surface area contributed by atoms with Crippen LogP contribution in [-0.4, -0.2) is 38.7 Å². The van der Waals surface area contributed by atoms with Gasteiger partial charge in [0.1, 0.15) is 5.82 Å². The number of aliphatic hydroxyl groups is 1. The minimum atomic E-state index is -0.201. The first-order valence-electron chi connectivity index (χ1n) is 6.73. The van der Waals surface area contributed by atoms with E-state index < -0.39 is 0 Å². The Labute approximate surface area is 122 Å². The molecule has 1 N–H and O–H groups in total. The molecule has 112 valence electrons. The van der Waals surface area contributed by atoms with Crippen LogP contribution < -0.4 is 10.6 Å².